The van der Waals surface area contributed by atoms with E-state index in [1.165, 1.54) is 24.3 Å². The summed E-state index contributed by atoms with van der Waals surface area (Å²) in [5.41, 5.74) is 0.624. The van der Waals surface area contributed by atoms with Crippen LogP contribution in [-0.2, 0) is 35.1 Å². The van der Waals surface area contributed by atoms with Gasteiger partial charge in [-0.2, -0.15) is 0 Å². The number of carbonyl (C=O) groups excluding carboxylic acids is 4. The van der Waals surface area contributed by atoms with E-state index in [-0.39, 0.29) is 37.6 Å². The van der Waals surface area contributed by atoms with Crippen LogP contribution < -0.4 is 10.5 Å². The van der Waals surface area contributed by atoms with Gasteiger partial charge in [-0.05, 0) is 93.6 Å². The van der Waals surface area contributed by atoms with Crippen molar-refractivity contribution in [3.8, 4) is 5.75 Å². The largest absolute Gasteiger partial charge is 0.514 e. The number of nitrogens with zero attached hydrogens (tertiary/aromatic N) is 1. The van der Waals surface area contributed by atoms with Gasteiger partial charge in [0.2, 0.25) is 5.78 Å². The van der Waals surface area contributed by atoms with Crippen LogP contribution in [0, 0.1) is 38.7 Å². The molecule has 1 aromatic rings. The number of aliphatic hydroxyl groups excluding tert-OH is 1. The highest BCUT2D eigenvalue weighted by molar-refractivity contribution is 6.01. The topological polar surface area (TPSA) is 215 Å². The van der Waals surface area contributed by atoms with E-state index in [1.807, 2.05) is 0 Å². The van der Waals surface area contributed by atoms with Crippen LogP contribution in [-0.4, -0.2) is 82.2 Å². The van der Waals surface area contributed by atoms with Crippen molar-refractivity contribution in [2.75, 3.05) is 19.8 Å². The van der Waals surface area contributed by atoms with Crippen LogP contribution in [0.2, 0.25) is 0 Å². The Morgan fingerprint density at radius 3 is 2.49 bits per heavy atom. The van der Waals surface area contributed by atoms with Gasteiger partial charge in [0.1, 0.15) is 17.4 Å². The van der Waals surface area contributed by atoms with Crippen molar-refractivity contribution in [3.63, 3.8) is 0 Å². The molecule has 0 heterocycles. The Kier molecular flexibility index (Phi) is 10.8. The highest BCUT2D eigenvalue weighted by Crippen LogP contribution is 2.70. The van der Waals surface area contributed by atoms with Gasteiger partial charge in [-0.3, -0.25) is 14.4 Å². The number of allylic oxidation sites excluding steroid dienone is 4. The number of fused-ring (bicyclic) bond motifs is 5. The Labute approximate surface area is 294 Å². The Morgan fingerprint density at radius 1 is 1.12 bits per heavy atom. The van der Waals surface area contributed by atoms with Crippen molar-refractivity contribution in [2.24, 2.45) is 34.3 Å². The number of alkyl halides is 1. The molecule has 51 heavy (non-hydrogen) atoms. The smallest absolute Gasteiger partial charge is 0.465 e. The maximum Gasteiger partial charge on any atom is 0.514 e. The third-order valence-electron chi connectivity index (χ3n) is 11.8. The molecular formula is C36H45FN2O12. The number of Topliss-reactive ketones (excluding diaryl/α,β-unsaturated/α-hetero) is 1. The predicted octanol–water partition coefficient (Wildman–Crippen LogP) is 3.52. The van der Waals surface area contributed by atoms with Gasteiger partial charge in [0, 0.05) is 16.7 Å². The molecule has 5 rings (SSSR count). The first-order valence-corrected chi connectivity index (χ1v) is 17.2. The molecule has 0 bridgehead atoms. The second kappa shape index (κ2) is 14.4. The second-order valence-corrected chi connectivity index (χ2v) is 14.6. The summed E-state index contributed by atoms with van der Waals surface area (Å²) in [6.07, 6.45) is 3.31. The number of hydrogen-bond donors (Lipinski definition) is 3. The number of ketones is 2. The van der Waals surface area contributed by atoms with Crippen molar-refractivity contribution < 1.29 is 57.9 Å². The number of unbranched alkanes of at least 4 members (excludes halogenated alkanes) is 1. The van der Waals surface area contributed by atoms with E-state index in [0.29, 0.717) is 43.2 Å². The van der Waals surface area contributed by atoms with Crippen LogP contribution in [0.1, 0.15) is 64.9 Å². The van der Waals surface area contributed by atoms with E-state index in [2.05, 4.69) is 4.84 Å². The molecule has 4 aliphatic rings. The summed E-state index contributed by atoms with van der Waals surface area (Å²) in [5.74, 6) is -3.36. The lowest BCUT2D eigenvalue weighted by molar-refractivity contribution is -0.757. The first-order chi connectivity index (χ1) is 24.0. The fraction of sp³-hybridized carbons (Fsp3) is 0.611. The van der Waals surface area contributed by atoms with E-state index in [1.54, 1.807) is 39.0 Å². The number of esters is 1. The number of aliphatic hydroxyl groups is 2. The Morgan fingerprint density at radius 2 is 1.80 bits per heavy atom. The van der Waals surface area contributed by atoms with Crippen molar-refractivity contribution in [1.82, 2.24) is 0 Å². The summed E-state index contributed by atoms with van der Waals surface area (Å²) < 4.78 is 32.8. The first kappa shape index (κ1) is 38.0. The van der Waals surface area contributed by atoms with Gasteiger partial charge in [0.25, 0.3) is 5.09 Å². The molecule has 3 fully saturated rings. The van der Waals surface area contributed by atoms with Gasteiger partial charge in [-0.25, -0.2) is 9.18 Å². The van der Waals surface area contributed by atoms with E-state index in [4.69, 9.17) is 19.9 Å². The van der Waals surface area contributed by atoms with Gasteiger partial charge < -0.3 is 35.0 Å². The number of nitrogens with two attached hydrogens (primary N) is 1. The van der Waals surface area contributed by atoms with Gasteiger partial charge in [0.15, 0.2) is 18.1 Å². The third-order valence-corrected chi connectivity index (χ3v) is 11.8. The average molecular weight is 717 g/mol. The number of carbonyl (C=O) groups is 4. The highest BCUT2D eigenvalue weighted by atomic mass is 19.1. The fourth-order valence-electron chi connectivity index (χ4n) is 9.15. The number of ether oxygens (including phenoxy) is 3. The summed E-state index contributed by atoms with van der Waals surface area (Å²) in [7, 11) is 0. The molecule has 0 aromatic heterocycles. The van der Waals surface area contributed by atoms with Crippen molar-refractivity contribution in [2.45, 2.75) is 89.1 Å². The van der Waals surface area contributed by atoms with E-state index >= 15 is 4.39 Å². The zero-order chi connectivity index (χ0) is 37.4. The number of benzene rings is 1. The zero-order valence-electron chi connectivity index (χ0n) is 28.9. The quantitative estimate of drug-likeness (QED) is 0.0877. The summed E-state index contributed by atoms with van der Waals surface area (Å²) in [6, 6.07) is 5.05. The summed E-state index contributed by atoms with van der Waals surface area (Å²) in [4.78, 5) is 64.9. The molecule has 0 unspecified atom stereocenters. The van der Waals surface area contributed by atoms with Gasteiger partial charge in [-0.1, -0.05) is 37.6 Å². The maximum absolute atomic E-state index is 17.4. The number of halogens is 1. The predicted molar refractivity (Wildman–Crippen MR) is 176 cm³/mol. The lowest BCUT2D eigenvalue weighted by Gasteiger charge is -2.62. The Hall–Kier alpha value is -4.21. The monoisotopic (exact) mass is 716 g/mol. The number of hydrogen-bond acceptors (Lipinski definition) is 13. The van der Waals surface area contributed by atoms with Gasteiger partial charge in [0.05, 0.1) is 19.3 Å². The highest BCUT2D eigenvalue weighted by Gasteiger charge is 2.75. The Bertz CT molecular complexity index is 1610. The third kappa shape index (κ3) is 6.78. The molecule has 14 nitrogen and oxygen atoms in total. The first-order valence-electron chi connectivity index (χ1n) is 17.2. The summed E-state index contributed by atoms with van der Waals surface area (Å²) >= 11 is 0. The standard InChI is InChI=1S/C36H45FN2O12/c1-21-16-27-26-11-8-23-18-24(40)12-13-33(23,2)35(26,37)29(41)19-34(27,3)36(21,45)30(42)20-49-32(44)51-25-9-6-22(7-10-25)17-28(38)31(43)48-14-4-5-15-50-39(46)47/h6-7,9-10,12-13,18,21,26-29,41,45H,4-5,8,11,14-17,19-20,38H2,1-3H3/t21-,26+,27+,28+,29+,33+,34+,35+,36+/m1/s1. The molecule has 0 saturated heterocycles. The second-order valence-electron chi connectivity index (χ2n) is 14.6. The molecule has 0 amide bonds. The molecule has 278 valence electrons. The molecule has 0 aliphatic heterocycles. The minimum atomic E-state index is -2.11. The molecule has 0 radical (unpaired) electrons. The van der Waals surface area contributed by atoms with Crippen LogP contribution >= 0.6 is 0 Å². The summed E-state index contributed by atoms with van der Waals surface area (Å²) in [5, 5.41) is 32.8. The lowest BCUT2D eigenvalue weighted by atomic mass is 9.44. The molecule has 4 N–H and O–H groups in total. The SMILES string of the molecule is C[C@@H]1C[C@H]2[C@@H]3CCC4=CC(=O)C=C[C@]4(C)[C@@]3(F)[C@@H](O)C[C@]2(C)[C@@]1(O)C(=O)COC(=O)Oc1ccc(C[C@H](N)C(=O)OCCCCO[N+](=O)[O-])cc1. The normalized spacial score (nSPS) is 34.3. The van der Waals surface area contributed by atoms with Crippen molar-refractivity contribution in [3.05, 3.63) is 63.7 Å². The van der Waals surface area contributed by atoms with Crippen molar-refractivity contribution in [1.29, 1.82) is 0 Å². The van der Waals surface area contributed by atoms with Crippen LogP contribution in [0.15, 0.2) is 48.1 Å². The zero-order valence-corrected chi connectivity index (χ0v) is 28.9. The average Bonchev–Trinajstić information content (AvgIpc) is 3.28. The van der Waals surface area contributed by atoms with Gasteiger partial charge >= 0.3 is 12.1 Å². The van der Waals surface area contributed by atoms with Crippen LogP contribution in [0.3, 0.4) is 0 Å². The summed E-state index contributed by atoms with van der Waals surface area (Å²) in [6.45, 7) is 4.21. The fourth-order valence-corrected chi connectivity index (χ4v) is 9.15. The van der Waals surface area contributed by atoms with Crippen molar-refractivity contribution >= 4 is 23.7 Å². The molecule has 4 aliphatic carbocycles. The minimum absolute atomic E-state index is 0.0296. The molecule has 1 aromatic carbocycles. The van der Waals surface area contributed by atoms with E-state index in [9.17, 15) is 39.5 Å². The Balaban J connectivity index is 1.15. The molecular weight excluding hydrogens is 671 g/mol. The molecule has 15 heteroatoms. The number of rotatable bonds is 13. The van der Waals surface area contributed by atoms with E-state index in [0.717, 1.165) is 0 Å². The van der Waals surface area contributed by atoms with Gasteiger partial charge in [-0.15, -0.1) is 10.1 Å². The lowest BCUT2D eigenvalue weighted by Crippen LogP contribution is -2.69. The minimum Gasteiger partial charge on any atom is -0.465 e. The molecule has 9 atom stereocenters. The molecule has 0 spiro atoms. The van der Waals surface area contributed by atoms with Crippen LogP contribution in [0.5, 0.6) is 5.75 Å². The van der Waals surface area contributed by atoms with Crippen LogP contribution in [0.25, 0.3) is 0 Å². The van der Waals surface area contributed by atoms with E-state index < -0.39 is 81.6 Å². The maximum atomic E-state index is 17.4. The molecule has 3 saturated carbocycles. The van der Waals surface area contributed by atoms with Crippen LogP contribution in [0.4, 0.5) is 9.18 Å².